The summed E-state index contributed by atoms with van der Waals surface area (Å²) in [4.78, 5) is 24.0. The molecule has 0 aliphatic carbocycles. The van der Waals surface area contributed by atoms with Crippen LogP contribution in [0.2, 0.25) is 0 Å². The maximum absolute atomic E-state index is 11.7. The number of benzene rings is 1. The summed E-state index contributed by atoms with van der Waals surface area (Å²) in [6, 6.07) is 9.23. The zero-order chi connectivity index (χ0) is 16.5. The zero-order valence-electron chi connectivity index (χ0n) is 12.3. The summed E-state index contributed by atoms with van der Waals surface area (Å²) < 4.78 is 6.18. The molecular formula is C16H16BrNO3S2. The number of amides is 1. The molecule has 0 atom stereocenters. The molecule has 0 saturated heterocycles. The first-order valence-corrected chi connectivity index (χ1v) is 9.76. The summed E-state index contributed by atoms with van der Waals surface area (Å²) in [6.07, 6.45) is 0.708. The largest absolute Gasteiger partial charge is 0.483 e. The number of aldehydes is 1. The molecule has 0 fully saturated rings. The Hall–Kier alpha value is -1.31. The van der Waals surface area contributed by atoms with Gasteiger partial charge in [-0.2, -0.15) is 11.8 Å². The quantitative estimate of drug-likeness (QED) is 0.502. The van der Waals surface area contributed by atoms with Crippen LogP contribution in [-0.4, -0.2) is 31.1 Å². The Labute approximate surface area is 151 Å². The van der Waals surface area contributed by atoms with Gasteiger partial charge in [0.1, 0.15) is 5.75 Å². The van der Waals surface area contributed by atoms with E-state index in [4.69, 9.17) is 4.74 Å². The van der Waals surface area contributed by atoms with Crippen molar-refractivity contribution >= 4 is 51.2 Å². The molecule has 122 valence electrons. The monoisotopic (exact) mass is 413 g/mol. The SMILES string of the molecule is O=Cc1cc(Br)ccc1OCC(=O)NCCSCc1cccs1. The summed E-state index contributed by atoms with van der Waals surface area (Å²) in [7, 11) is 0. The number of rotatable bonds is 9. The third-order valence-electron chi connectivity index (χ3n) is 2.85. The van der Waals surface area contributed by atoms with Crippen molar-refractivity contribution < 1.29 is 14.3 Å². The van der Waals surface area contributed by atoms with E-state index in [2.05, 4.69) is 32.7 Å². The van der Waals surface area contributed by atoms with Crippen LogP contribution in [0.5, 0.6) is 5.75 Å². The number of halogens is 1. The van der Waals surface area contributed by atoms with E-state index in [1.807, 2.05) is 6.07 Å². The average molecular weight is 414 g/mol. The Morgan fingerprint density at radius 2 is 2.26 bits per heavy atom. The highest BCUT2D eigenvalue weighted by Gasteiger charge is 2.07. The predicted octanol–water partition coefficient (Wildman–Crippen LogP) is 3.75. The lowest BCUT2D eigenvalue weighted by molar-refractivity contribution is -0.122. The Morgan fingerprint density at radius 1 is 1.39 bits per heavy atom. The van der Waals surface area contributed by atoms with Crippen LogP contribution in [0, 0.1) is 0 Å². The van der Waals surface area contributed by atoms with Gasteiger partial charge < -0.3 is 10.1 Å². The topological polar surface area (TPSA) is 55.4 Å². The summed E-state index contributed by atoms with van der Waals surface area (Å²) in [5.41, 5.74) is 0.415. The van der Waals surface area contributed by atoms with E-state index in [0.717, 1.165) is 16.0 Å². The van der Waals surface area contributed by atoms with Crippen LogP contribution in [-0.2, 0) is 10.5 Å². The molecule has 1 amide bonds. The average Bonchev–Trinajstić information content (AvgIpc) is 3.06. The Balaban J connectivity index is 1.64. The molecule has 0 bridgehead atoms. The molecule has 0 unspecified atom stereocenters. The van der Waals surface area contributed by atoms with Crippen molar-refractivity contribution in [3.63, 3.8) is 0 Å². The third kappa shape index (κ3) is 6.37. The van der Waals surface area contributed by atoms with E-state index < -0.39 is 0 Å². The highest BCUT2D eigenvalue weighted by molar-refractivity contribution is 9.10. The summed E-state index contributed by atoms with van der Waals surface area (Å²) in [5, 5.41) is 4.86. The Kier molecular flexibility index (Phi) is 7.64. The number of thiophene rings is 1. The van der Waals surface area contributed by atoms with Crippen LogP contribution in [0.3, 0.4) is 0 Å². The summed E-state index contributed by atoms with van der Waals surface area (Å²) in [5.74, 6) is 2.03. The zero-order valence-corrected chi connectivity index (χ0v) is 15.5. The summed E-state index contributed by atoms with van der Waals surface area (Å²) in [6.45, 7) is 0.497. The van der Waals surface area contributed by atoms with Crippen LogP contribution in [0.15, 0.2) is 40.2 Å². The van der Waals surface area contributed by atoms with Gasteiger partial charge in [0, 0.05) is 27.4 Å². The van der Waals surface area contributed by atoms with E-state index in [1.165, 1.54) is 4.88 Å². The highest BCUT2D eigenvalue weighted by Crippen LogP contribution is 2.21. The van der Waals surface area contributed by atoms with E-state index >= 15 is 0 Å². The fraction of sp³-hybridized carbons (Fsp3) is 0.250. The van der Waals surface area contributed by atoms with Crippen LogP contribution in [0.4, 0.5) is 0 Å². The predicted molar refractivity (Wildman–Crippen MR) is 98.5 cm³/mol. The van der Waals surface area contributed by atoms with Crippen LogP contribution < -0.4 is 10.1 Å². The van der Waals surface area contributed by atoms with Crippen molar-refractivity contribution in [2.75, 3.05) is 18.9 Å². The van der Waals surface area contributed by atoms with Crippen LogP contribution in [0.25, 0.3) is 0 Å². The molecule has 1 aromatic heterocycles. The normalized spacial score (nSPS) is 10.3. The lowest BCUT2D eigenvalue weighted by atomic mass is 10.2. The molecule has 0 aliphatic heterocycles. The number of hydrogen-bond donors (Lipinski definition) is 1. The molecule has 7 heteroatoms. The number of ether oxygens (including phenoxy) is 1. The van der Waals surface area contributed by atoms with Gasteiger partial charge in [-0.15, -0.1) is 11.3 Å². The molecular weight excluding hydrogens is 398 g/mol. The molecule has 0 spiro atoms. The minimum absolute atomic E-state index is 0.0991. The Bertz CT molecular complexity index is 647. The first-order valence-electron chi connectivity index (χ1n) is 6.93. The maximum atomic E-state index is 11.7. The fourth-order valence-electron chi connectivity index (χ4n) is 1.77. The standard InChI is InChI=1S/C16H16BrNO3S2/c17-13-3-4-15(12(8-13)9-19)21-10-16(20)18-5-7-22-11-14-2-1-6-23-14/h1-4,6,8-9H,5,7,10-11H2,(H,18,20). The number of hydrogen-bond acceptors (Lipinski definition) is 5. The summed E-state index contributed by atoms with van der Waals surface area (Å²) >= 11 is 6.80. The van der Waals surface area contributed by atoms with Crippen molar-refractivity contribution in [1.82, 2.24) is 5.32 Å². The molecule has 2 rings (SSSR count). The van der Waals surface area contributed by atoms with Gasteiger partial charge in [-0.1, -0.05) is 22.0 Å². The van der Waals surface area contributed by atoms with Gasteiger partial charge in [0.25, 0.3) is 5.91 Å². The van der Waals surface area contributed by atoms with Crippen molar-refractivity contribution in [1.29, 1.82) is 0 Å². The van der Waals surface area contributed by atoms with Gasteiger partial charge >= 0.3 is 0 Å². The second-order valence-electron chi connectivity index (χ2n) is 4.57. The number of nitrogens with one attached hydrogen (secondary N) is 1. The maximum Gasteiger partial charge on any atom is 0.257 e. The molecule has 4 nitrogen and oxygen atoms in total. The molecule has 0 saturated carbocycles. The van der Waals surface area contributed by atoms with Crippen molar-refractivity contribution in [2.24, 2.45) is 0 Å². The Morgan fingerprint density at radius 3 is 3.00 bits per heavy atom. The van der Waals surface area contributed by atoms with Crippen molar-refractivity contribution in [3.8, 4) is 5.75 Å². The molecule has 0 radical (unpaired) electrons. The number of carbonyl (C=O) groups is 2. The van der Waals surface area contributed by atoms with Crippen LogP contribution >= 0.6 is 39.0 Å². The van der Waals surface area contributed by atoms with E-state index in [1.54, 1.807) is 41.3 Å². The molecule has 1 N–H and O–H groups in total. The van der Waals surface area contributed by atoms with Gasteiger partial charge in [-0.25, -0.2) is 0 Å². The van der Waals surface area contributed by atoms with Crippen molar-refractivity contribution in [2.45, 2.75) is 5.75 Å². The number of thioether (sulfide) groups is 1. The second-order valence-corrected chi connectivity index (χ2v) is 7.62. The van der Waals surface area contributed by atoms with Crippen LogP contribution in [0.1, 0.15) is 15.2 Å². The first-order chi connectivity index (χ1) is 11.2. The lowest BCUT2D eigenvalue weighted by Crippen LogP contribution is -2.30. The van der Waals surface area contributed by atoms with E-state index in [0.29, 0.717) is 24.1 Å². The molecule has 1 heterocycles. The molecule has 2 aromatic rings. The lowest BCUT2D eigenvalue weighted by Gasteiger charge is -2.09. The molecule has 23 heavy (non-hydrogen) atoms. The van der Waals surface area contributed by atoms with Crippen molar-refractivity contribution in [3.05, 3.63) is 50.6 Å². The fourth-order valence-corrected chi connectivity index (χ4v) is 3.85. The van der Waals surface area contributed by atoms with Gasteiger partial charge in [0.2, 0.25) is 0 Å². The van der Waals surface area contributed by atoms with Gasteiger partial charge in [0.15, 0.2) is 12.9 Å². The third-order valence-corrected chi connectivity index (χ3v) is 5.41. The highest BCUT2D eigenvalue weighted by atomic mass is 79.9. The minimum Gasteiger partial charge on any atom is -0.483 e. The second kappa shape index (κ2) is 9.75. The first kappa shape index (κ1) is 18.0. The minimum atomic E-state index is -0.193. The molecule has 1 aromatic carbocycles. The van der Waals surface area contributed by atoms with Gasteiger partial charge in [0.05, 0.1) is 5.56 Å². The smallest absolute Gasteiger partial charge is 0.257 e. The van der Waals surface area contributed by atoms with E-state index in [9.17, 15) is 9.59 Å². The van der Waals surface area contributed by atoms with Gasteiger partial charge in [-0.05, 0) is 29.6 Å². The number of carbonyl (C=O) groups excluding carboxylic acids is 2. The van der Waals surface area contributed by atoms with E-state index in [-0.39, 0.29) is 12.5 Å². The van der Waals surface area contributed by atoms with Gasteiger partial charge in [-0.3, -0.25) is 9.59 Å². The molecule has 0 aliphatic rings.